The summed E-state index contributed by atoms with van der Waals surface area (Å²) in [5, 5.41) is 6.26. The van der Waals surface area contributed by atoms with Crippen molar-refractivity contribution in [3.8, 4) is 5.75 Å². The third-order valence-corrected chi connectivity index (χ3v) is 4.91. The van der Waals surface area contributed by atoms with E-state index >= 15 is 0 Å². The Morgan fingerprint density at radius 2 is 2.26 bits per heavy atom. The first-order valence-corrected chi connectivity index (χ1v) is 9.68. The standard InChI is InChI=1S/C16H23BrN2O2S.ClH/c17-13-4-3-5-14(12-13)21-9-11-22-10-8-19-16(20)15-6-1-2-7-18-15;/h3-5,12,15,18H,1-2,6-11H2,(H,19,20);1H. The molecule has 1 unspecified atom stereocenters. The van der Waals surface area contributed by atoms with Gasteiger partial charge in [-0.05, 0) is 37.6 Å². The van der Waals surface area contributed by atoms with E-state index in [-0.39, 0.29) is 24.4 Å². The number of hydrogen-bond donors (Lipinski definition) is 2. The van der Waals surface area contributed by atoms with Crippen molar-refractivity contribution in [2.45, 2.75) is 25.3 Å². The molecule has 0 aromatic heterocycles. The normalized spacial score (nSPS) is 17.2. The van der Waals surface area contributed by atoms with Gasteiger partial charge in [-0.3, -0.25) is 4.79 Å². The lowest BCUT2D eigenvalue weighted by molar-refractivity contribution is -0.123. The van der Waals surface area contributed by atoms with Crippen molar-refractivity contribution in [2.75, 3.05) is 31.2 Å². The smallest absolute Gasteiger partial charge is 0.237 e. The Morgan fingerprint density at radius 1 is 1.39 bits per heavy atom. The van der Waals surface area contributed by atoms with Crippen LogP contribution < -0.4 is 15.4 Å². The molecule has 23 heavy (non-hydrogen) atoms. The van der Waals surface area contributed by atoms with Gasteiger partial charge in [0.05, 0.1) is 12.6 Å². The van der Waals surface area contributed by atoms with Crippen LogP contribution in [0.4, 0.5) is 0 Å². The molecule has 2 rings (SSSR count). The molecule has 1 saturated heterocycles. The summed E-state index contributed by atoms with van der Waals surface area (Å²) in [6.07, 6.45) is 3.28. The lowest BCUT2D eigenvalue weighted by Gasteiger charge is -2.22. The van der Waals surface area contributed by atoms with Gasteiger partial charge in [0.2, 0.25) is 5.91 Å². The van der Waals surface area contributed by atoms with E-state index in [4.69, 9.17) is 4.74 Å². The second kappa shape index (κ2) is 12.0. The molecule has 0 radical (unpaired) electrons. The van der Waals surface area contributed by atoms with Crippen molar-refractivity contribution >= 4 is 46.0 Å². The number of benzene rings is 1. The van der Waals surface area contributed by atoms with Gasteiger partial charge < -0.3 is 15.4 Å². The van der Waals surface area contributed by atoms with Gasteiger partial charge in [-0.25, -0.2) is 0 Å². The first-order valence-electron chi connectivity index (χ1n) is 7.73. The molecule has 1 heterocycles. The van der Waals surface area contributed by atoms with E-state index in [2.05, 4.69) is 26.6 Å². The van der Waals surface area contributed by atoms with E-state index in [0.29, 0.717) is 6.61 Å². The van der Waals surface area contributed by atoms with Crippen LogP contribution in [0.1, 0.15) is 19.3 Å². The highest BCUT2D eigenvalue weighted by Crippen LogP contribution is 2.17. The maximum absolute atomic E-state index is 11.9. The Morgan fingerprint density at radius 3 is 3.00 bits per heavy atom. The quantitative estimate of drug-likeness (QED) is 0.630. The molecule has 130 valence electrons. The average molecular weight is 424 g/mol. The molecule has 0 saturated carbocycles. The summed E-state index contributed by atoms with van der Waals surface area (Å²) in [5.74, 6) is 2.86. The zero-order chi connectivity index (χ0) is 15.6. The maximum Gasteiger partial charge on any atom is 0.237 e. The summed E-state index contributed by atoms with van der Waals surface area (Å²) in [7, 11) is 0. The number of amides is 1. The monoisotopic (exact) mass is 422 g/mol. The Kier molecular flexibility index (Phi) is 10.8. The highest BCUT2D eigenvalue weighted by molar-refractivity contribution is 9.10. The van der Waals surface area contributed by atoms with Crippen molar-refractivity contribution < 1.29 is 9.53 Å². The largest absolute Gasteiger partial charge is 0.493 e. The molecule has 1 aromatic carbocycles. The fourth-order valence-electron chi connectivity index (χ4n) is 2.32. The number of ether oxygens (including phenoxy) is 1. The second-order valence-corrected chi connectivity index (χ2v) is 7.35. The lowest BCUT2D eigenvalue weighted by Crippen LogP contribution is -2.47. The summed E-state index contributed by atoms with van der Waals surface area (Å²) in [4.78, 5) is 11.9. The molecular weight excluding hydrogens is 400 g/mol. The van der Waals surface area contributed by atoms with Crippen LogP contribution in [0.5, 0.6) is 5.75 Å². The van der Waals surface area contributed by atoms with E-state index in [9.17, 15) is 4.79 Å². The van der Waals surface area contributed by atoms with Crippen LogP contribution in [0, 0.1) is 0 Å². The third-order valence-electron chi connectivity index (χ3n) is 3.46. The Balaban J connectivity index is 0.00000264. The molecule has 1 atom stereocenters. The molecule has 2 N–H and O–H groups in total. The Bertz CT molecular complexity index is 473. The minimum absolute atomic E-state index is 0. The number of hydrogen-bond acceptors (Lipinski definition) is 4. The predicted octanol–water partition coefficient (Wildman–Crippen LogP) is 3.24. The van der Waals surface area contributed by atoms with E-state index in [1.165, 1.54) is 6.42 Å². The van der Waals surface area contributed by atoms with E-state index < -0.39 is 0 Å². The number of carbonyl (C=O) groups is 1. The molecule has 7 heteroatoms. The number of rotatable bonds is 8. The average Bonchev–Trinajstić information content (AvgIpc) is 2.54. The first kappa shape index (κ1) is 20.6. The topological polar surface area (TPSA) is 50.4 Å². The Hall–Kier alpha value is -0.430. The van der Waals surface area contributed by atoms with Gasteiger partial charge >= 0.3 is 0 Å². The fourth-order valence-corrected chi connectivity index (χ4v) is 3.35. The SMILES string of the molecule is Cl.O=C(NCCSCCOc1cccc(Br)c1)C1CCCCN1. The van der Waals surface area contributed by atoms with Gasteiger partial charge in [-0.15, -0.1) is 12.4 Å². The predicted molar refractivity (Wildman–Crippen MR) is 103 cm³/mol. The molecule has 1 aromatic rings. The number of halogens is 2. The molecule has 1 aliphatic heterocycles. The highest BCUT2D eigenvalue weighted by Gasteiger charge is 2.19. The fraction of sp³-hybridized carbons (Fsp3) is 0.562. The summed E-state index contributed by atoms with van der Waals surface area (Å²) < 4.78 is 6.69. The molecule has 1 fully saturated rings. The van der Waals surface area contributed by atoms with Crippen molar-refractivity contribution in [1.82, 2.24) is 10.6 Å². The van der Waals surface area contributed by atoms with Crippen molar-refractivity contribution in [3.63, 3.8) is 0 Å². The summed E-state index contributed by atoms with van der Waals surface area (Å²) in [6.45, 7) is 2.36. The molecule has 4 nitrogen and oxygen atoms in total. The highest BCUT2D eigenvalue weighted by atomic mass is 79.9. The lowest BCUT2D eigenvalue weighted by atomic mass is 10.0. The van der Waals surface area contributed by atoms with Crippen LogP contribution in [-0.4, -0.2) is 43.2 Å². The van der Waals surface area contributed by atoms with Crippen molar-refractivity contribution in [3.05, 3.63) is 28.7 Å². The van der Waals surface area contributed by atoms with Crippen molar-refractivity contribution in [2.24, 2.45) is 0 Å². The van der Waals surface area contributed by atoms with Crippen LogP contribution >= 0.6 is 40.1 Å². The van der Waals surface area contributed by atoms with Crippen LogP contribution in [0.2, 0.25) is 0 Å². The second-order valence-electron chi connectivity index (χ2n) is 5.21. The van der Waals surface area contributed by atoms with Gasteiger partial charge in [-0.2, -0.15) is 11.8 Å². The maximum atomic E-state index is 11.9. The van der Waals surface area contributed by atoms with Gasteiger partial charge in [0.15, 0.2) is 0 Å². The molecule has 1 aliphatic rings. The van der Waals surface area contributed by atoms with E-state index in [1.807, 2.05) is 24.3 Å². The van der Waals surface area contributed by atoms with Crippen LogP contribution in [-0.2, 0) is 4.79 Å². The molecule has 1 amide bonds. The number of thioether (sulfide) groups is 1. The number of carbonyl (C=O) groups excluding carboxylic acids is 1. The van der Waals surface area contributed by atoms with Gasteiger partial charge in [0, 0.05) is 22.5 Å². The Labute approximate surface area is 157 Å². The molecule has 0 aliphatic carbocycles. The zero-order valence-electron chi connectivity index (χ0n) is 13.1. The number of piperidine rings is 1. The van der Waals surface area contributed by atoms with Gasteiger partial charge in [0.1, 0.15) is 5.75 Å². The summed E-state index contributed by atoms with van der Waals surface area (Å²) in [6, 6.07) is 7.86. The molecular formula is C16H24BrClN2O2S. The minimum Gasteiger partial charge on any atom is -0.493 e. The van der Waals surface area contributed by atoms with Gasteiger partial charge in [-0.1, -0.05) is 28.4 Å². The van der Waals surface area contributed by atoms with Crippen LogP contribution in [0.25, 0.3) is 0 Å². The molecule has 0 bridgehead atoms. The first-order chi connectivity index (χ1) is 10.8. The minimum atomic E-state index is 0. The van der Waals surface area contributed by atoms with Gasteiger partial charge in [0.25, 0.3) is 0 Å². The van der Waals surface area contributed by atoms with Crippen LogP contribution in [0.15, 0.2) is 28.7 Å². The molecule has 0 spiro atoms. The van der Waals surface area contributed by atoms with E-state index in [0.717, 1.165) is 47.7 Å². The van der Waals surface area contributed by atoms with Crippen LogP contribution in [0.3, 0.4) is 0 Å². The summed E-state index contributed by atoms with van der Waals surface area (Å²) in [5.41, 5.74) is 0. The zero-order valence-corrected chi connectivity index (χ0v) is 16.3. The van der Waals surface area contributed by atoms with E-state index in [1.54, 1.807) is 11.8 Å². The number of nitrogens with one attached hydrogen (secondary N) is 2. The summed E-state index contributed by atoms with van der Waals surface area (Å²) >= 11 is 5.21. The van der Waals surface area contributed by atoms with Crippen molar-refractivity contribution in [1.29, 1.82) is 0 Å². The third kappa shape index (κ3) is 8.29.